The molecule has 0 radical (unpaired) electrons. The van der Waals surface area contributed by atoms with Crippen LogP contribution in [0, 0.1) is 6.92 Å². The Bertz CT molecular complexity index is 826. The van der Waals surface area contributed by atoms with Gasteiger partial charge in [-0.1, -0.05) is 17.3 Å². The summed E-state index contributed by atoms with van der Waals surface area (Å²) in [4.78, 5) is 11.2. The van der Waals surface area contributed by atoms with Gasteiger partial charge in [0.05, 0.1) is 16.8 Å². The molecule has 5 nitrogen and oxygen atoms in total. The molecule has 1 N–H and O–H groups in total. The van der Waals surface area contributed by atoms with Gasteiger partial charge < -0.3 is 5.11 Å². The molecule has 0 spiro atoms. The van der Waals surface area contributed by atoms with Gasteiger partial charge in [0.1, 0.15) is 5.52 Å². The number of carboxylic acid groups (broad SMARTS) is 1. The number of carboxylic acids is 1. The van der Waals surface area contributed by atoms with E-state index in [2.05, 4.69) is 26.2 Å². The Morgan fingerprint density at radius 3 is 2.80 bits per heavy atom. The van der Waals surface area contributed by atoms with Crippen LogP contribution in [0.3, 0.4) is 0 Å². The zero-order chi connectivity index (χ0) is 14.3. The molecular formula is C14H10BrN3O2. The highest BCUT2D eigenvalue weighted by Crippen LogP contribution is 2.25. The van der Waals surface area contributed by atoms with Gasteiger partial charge in [0.2, 0.25) is 0 Å². The maximum Gasteiger partial charge on any atom is 0.338 e. The number of aryl methyl sites for hydroxylation is 1. The molecule has 0 aliphatic rings. The van der Waals surface area contributed by atoms with E-state index < -0.39 is 5.97 Å². The molecule has 0 fully saturated rings. The molecule has 6 heteroatoms. The Hall–Kier alpha value is -2.21. The molecule has 100 valence electrons. The average Bonchev–Trinajstić information content (AvgIpc) is 2.82. The topological polar surface area (TPSA) is 68.0 Å². The van der Waals surface area contributed by atoms with Crippen molar-refractivity contribution in [1.29, 1.82) is 0 Å². The van der Waals surface area contributed by atoms with Crippen molar-refractivity contribution in [3.05, 3.63) is 52.0 Å². The molecule has 1 heterocycles. The summed E-state index contributed by atoms with van der Waals surface area (Å²) in [5, 5.41) is 17.2. The van der Waals surface area contributed by atoms with E-state index in [0.29, 0.717) is 11.0 Å². The summed E-state index contributed by atoms with van der Waals surface area (Å²) in [5.74, 6) is -1.01. The summed E-state index contributed by atoms with van der Waals surface area (Å²) in [6.45, 7) is 2.00. The number of halogens is 1. The third-order valence-corrected chi connectivity index (χ3v) is 3.67. The van der Waals surface area contributed by atoms with Crippen molar-refractivity contribution in [2.24, 2.45) is 0 Å². The van der Waals surface area contributed by atoms with Gasteiger partial charge >= 0.3 is 5.97 Å². The number of hydrogen-bond donors (Lipinski definition) is 1. The fourth-order valence-electron chi connectivity index (χ4n) is 2.08. The van der Waals surface area contributed by atoms with Gasteiger partial charge in [-0.25, -0.2) is 9.48 Å². The van der Waals surface area contributed by atoms with Crippen LogP contribution in [0.15, 0.2) is 40.9 Å². The lowest BCUT2D eigenvalue weighted by Crippen LogP contribution is -1.99. The first-order valence-corrected chi connectivity index (χ1v) is 6.71. The second-order valence-corrected chi connectivity index (χ2v) is 5.29. The van der Waals surface area contributed by atoms with E-state index >= 15 is 0 Å². The summed E-state index contributed by atoms with van der Waals surface area (Å²) in [6.07, 6.45) is 0. The zero-order valence-corrected chi connectivity index (χ0v) is 12.1. The van der Waals surface area contributed by atoms with Gasteiger partial charge in [-0.3, -0.25) is 0 Å². The number of rotatable bonds is 2. The lowest BCUT2D eigenvalue weighted by Gasteiger charge is -2.06. The predicted molar refractivity (Wildman–Crippen MR) is 78.3 cm³/mol. The molecule has 3 rings (SSSR count). The first kappa shape index (κ1) is 12.8. The number of aromatic nitrogens is 3. The minimum absolute atomic E-state index is 0.150. The second-order valence-electron chi connectivity index (χ2n) is 4.43. The molecule has 0 atom stereocenters. The Kier molecular flexibility index (Phi) is 3.02. The molecule has 0 aliphatic heterocycles. The minimum Gasteiger partial charge on any atom is -0.478 e. The van der Waals surface area contributed by atoms with Gasteiger partial charge in [-0.05, 0) is 52.7 Å². The first-order valence-electron chi connectivity index (χ1n) is 5.92. The monoisotopic (exact) mass is 331 g/mol. The summed E-state index contributed by atoms with van der Waals surface area (Å²) in [7, 11) is 0. The number of carbonyl (C=O) groups is 1. The fraction of sp³-hybridized carbons (Fsp3) is 0.0714. The zero-order valence-electron chi connectivity index (χ0n) is 10.5. The largest absolute Gasteiger partial charge is 0.478 e. The Balaban J connectivity index is 2.28. The van der Waals surface area contributed by atoms with Crippen molar-refractivity contribution in [1.82, 2.24) is 15.0 Å². The van der Waals surface area contributed by atoms with E-state index in [1.165, 1.54) is 6.07 Å². The van der Waals surface area contributed by atoms with Crippen LogP contribution in [-0.4, -0.2) is 26.1 Å². The molecular weight excluding hydrogens is 322 g/mol. The average molecular weight is 332 g/mol. The number of aromatic carboxylic acids is 1. The number of nitrogens with zero attached hydrogens (tertiary/aromatic N) is 3. The van der Waals surface area contributed by atoms with Crippen LogP contribution in [0.25, 0.3) is 16.7 Å². The van der Waals surface area contributed by atoms with Crippen LogP contribution in [0.2, 0.25) is 0 Å². The molecule has 0 aliphatic carbocycles. The van der Waals surface area contributed by atoms with Crippen LogP contribution < -0.4 is 0 Å². The number of hydrogen-bond acceptors (Lipinski definition) is 3. The van der Waals surface area contributed by atoms with Crippen LogP contribution in [0.4, 0.5) is 0 Å². The molecule has 2 aromatic carbocycles. The lowest BCUT2D eigenvalue weighted by molar-refractivity contribution is 0.0699. The van der Waals surface area contributed by atoms with Gasteiger partial charge in [0.15, 0.2) is 0 Å². The van der Waals surface area contributed by atoms with Crippen molar-refractivity contribution < 1.29 is 9.90 Å². The third kappa shape index (κ3) is 1.98. The summed E-state index contributed by atoms with van der Waals surface area (Å²) in [6, 6.07) is 10.9. The van der Waals surface area contributed by atoms with Crippen LogP contribution in [-0.2, 0) is 0 Å². The maximum absolute atomic E-state index is 11.2. The van der Waals surface area contributed by atoms with Crippen molar-refractivity contribution in [3.63, 3.8) is 0 Å². The Morgan fingerprint density at radius 1 is 1.30 bits per heavy atom. The molecule has 0 saturated heterocycles. The molecule has 0 saturated carbocycles. The smallest absolute Gasteiger partial charge is 0.338 e. The van der Waals surface area contributed by atoms with Crippen molar-refractivity contribution >= 4 is 32.9 Å². The summed E-state index contributed by atoms with van der Waals surface area (Å²) >= 11 is 3.50. The highest BCUT2D eigenvalue weighted by atomic mass is 79.9. The van der Waals surface area contributed by atoms with E-state index in [-0.39, 0.29) is 5.56 Å². The minimum atomic E-state index is -1.01. The second kappa shape index (κ2) is 4.72. The highest BCUT2D eigenvalue weighted by molar-refractivity contribution is 9.10. The summed E-state index contributed by atoms with van der Waals surface area (Å²) in [5.41, 5.74) is 3.14. The Morgan fingerprint density at radius 2 is 2.10 bits per heavy atom. The van der Waals surface area contributed by atoms with E-state index in [0.717, 1.165) is 15.7 Å². The van der Waals surface area contributed by atoms with Crippen LogP contribution >= 0.6 is 15.9 Å². The molecule has 3 aromatic rings. The quantitative estimate of drug-likeness (QED) is 0.783. The molecule has 20 heavy (non-hydrogen) atoms. The standard InChI is InChI=1S/C14H10BrN3O2/c1-8-5-6-11(10(15)7-8)18-12-4-2-3-9(14(19)20)13(12)16-17-18/h2-7H,1H3,(H,19,20). The van der Waals surface area contributed by atoms with Crippen molar-refractivity contribution in [2.45, 2.75) is 6.92 Å². The fourth-order valence-corrected chi connectivity index (χ4v) is 2.74. The third-order valence-electron chi connectivity index (χ3n) is 3.04. The SMILES string of the molecule is Cc1ccc(-n2nnc3c(C(=O)O)cccc32)c(Br)c1. The van der Waals surface area contributed by atoms with Gasteiger partial charge in [0, 0.05) is 4.47 Å². The van der Waals surface area contributed by atoms with Gasteiger partial charge in [0.25, 0.3) is 0 Å². The highest BCUT2D eigenvalue weighted by Gasteiger charge is 2.15. The normalized spacial score (nSPS) is 10.9. The summed E-state index contributed by atoms with van der Waals surface area (Å²) < 4.78 is 2.51. The van der Waals surface area contributed by atoms with E-state index in [1.807, 2.05) is 25.1 Å². The number of fused-ring (bicyclic) bond motifs is 1. The van der Waals surface area contributed by atoms with Crippen LogP contribution in [0.5, 0.6) is 0 Å². The van der Waals surface area contributed by atoms with E-state index in [9.17, 15) is 4.79 Å². The van der Waals surface area contributed by atoms with Gasteiger partial charge in [-0.15, -0.1) is 5.10 Å². The van der Waals surface area contributed by atoms with Crippen molar-refractivity contribution in [2.75, 3.05) is 0 Å². The molecule has 0 amide bonds. The predicted octanol–water partition coefficient (Wildman–Crippen LogP) is 3.19. The maximum atomic E-state index is 11.2. The lowest BCUT2D eigenvalue weighted by atomic mass is 10.2. The van der Waals surface area contributed by atoms with E-state index in [4.69, 9.17) is 5.11 Å². The Labute approximate surface area is 123 Å². The molecule has 0 bridgehead atoms. The number of benzene rings is 2. The van der Waals surface area contributed by atoms with Crippen LogP contribution in [0.1, 0.15) is 15.9 Å². The molecule has 0 unspecified atom stereocenters. The van der Waals surface area contributed by atoms with Crippen molar-refractivity contribution in [3.8, 4) is 5.69 Å². The van der Waals surface area contributed by atoms with E-state index in [1.54, 1.807) is 16.8 Å². The first-order chi connectivity index (χ1) is 9.58. The molecule has 1 aromatic heterocycles. The van der Waals surface area contributed by atoms with Gasteiger partial charge in [-0.2, -0.15) is 0 Å².